The van der Waals surface area contributed by atoms with E-state index in [1.54, 1.807) is 23.5 Å². The lowest BCUT2D eigenvalue weighted by molar-refractivity contribution is -0.112. The van der Waals surface area contributed by atoms with Crippen molar-refractivity contribution in [1.82, 2.24) is 0 Å². The molecule has 23 heavy (non-hydrogen) atoms. The van der Waals surface area contributed by atoms with E-state index in [9.17, 15) is 9.90 Å². The summed E-state index contributed by atoms with van der Waals surface area (Å²) < 4.78 is 5.04. The molecule has 1 fully saturated rings. The first kappa shape index (κ1) is 15.6. The molecule has 1 saturated carbocycles. The molecule has 1 heterocycles. The summed E-state index contributed by atoms with van der Waals surface area (Å²) >= 11 is 1.63. The molecule has 1 aliphatic carbocycles. The van der Waals surface area contributed by atoms with E-state index in [2.05, 4.69) is 0 Å². The van der Waals surface area contributed by atoms with Crippen LogP contribution in [0.4, 0.5) is 0 Å². The molecule has 1 aromatic carbocycles. The first-order chi connectivity index (χ1) is 11.2. The van der Waals surface area contributed by atoms with E-state index >= 15 is 0 Å². The molecule has 3 rings (SSSR count). The fourth-order valence-corrected chi connectivity index (χ4v) is 3.40. The molecule has 1 aliphatic rings. The zero-order chi connectivity index (χ0) is 16.2. The summed E-state index contributed by atoms with van der Waals surface area (Å²) in [5.41, 5.74) is 2.47. The Balaban J connectivity index is 1.87. The third kappa shape index (κ3) is 3.54. The summed E-state index contributed by atoms with van der Waals surface area (Å²) in [4.78, 5) is 13.8. The predicted octanol–water partition coefficient (Wildman–Crippen LogP) is 4.68. The van der Waals surface area contributed by atoms with Crippen molar-refractivity contribution in [3.63, 3.8) is 0 Å². The van der Waals surface area contributed by atoms with Gasteiger partial charge in [-0.1, -0.05) is 12.1 Å². The molecule has 0 saturated heterocycles. The minimum Gasteiger partial charge on any atom is -0.504 e. The number of hydrogen-bond donors (Lipinski definition) is 1. The fraction of sp³-hybridized carbons (Fsp3) is 0.211. The number of carbonyl (C=O) groups is 1. The van der Waals surface area contributed by atoms with Crippen LogP contribution in [0.2, 0.25) is 0 Å². The summed E-state index contributed by atoms with van der Waals surface area (Å²) in [6.07, 6.45) is 6.42. The van der Waals surface area contributed by atoms with Gasteiger partial charge in [0.25, 0.3) is 0 Å². The van der Waals surface area contributed by atoms with E-state index in [1.165, 1.54) is 7.11 Å². The van der Waals surface area contributed by atoms with Crippen LogP contribution >= 0.6 is 11.3 Å². The minimum absolute atomic E-state index is 0.0828. The Morgan fingerprint density at radius 3 is 2.61 bits per heavy atom. The van der Waals surface area contributed by atoms with Crippen LogP contribution in [0.25, 0.3) is 12.2 Å². The zero-order valence-electron chi connectivity index (χ0n) is 12.9. The van der Waals surface area contributed by atoms with Crippen LogP contribution in [0, 0.1) is 0 Å². The number of rotatable bonds is 3. The van der Waals surface area contributed by atoms with E-state index in [1.807, 2.05) is 35.7 Å². The summed E-state index contributed by atoms with van der Waals surface area (Å²) in [7, 11) is 1.51. The van der Waals surface area contributed by atoms with E-state index in [-0.39, 0.29) is 11.5 Å². The van der Waals surface area contributed by atoms with E-state index in [4.69, 9.17) is 4.74 Å². The number of Topliss-reactive ketones (excluding diaryl/α,β-unsaturated/α-hetero) is 1. The topological polar surface area (TPSA) is 46.5 Å². The van der Waals surface area contributed by atoms with Crippen molar-refractivity contribution in [3.05, 3.63) is 57.3 Å². The number of hydrogen-bond acceptors (Lipinski definition) is 4. The van der Waals surface area contributed by atoms with E-state index in [0.29, 0.717) is 5.75 Å². The number of methoxy groups -OCH3 is 1. The Bertz CT molecular complexity index is 770. The number of phenols is 1. The number of ether oxygens (including phenoxy) is 1. The monoisotopic (exact) mass is 326 g/mol. The first-order valence-electron chi connectivity index (χ1n) is 7.54. The summed E-state index contributed by atoms with van der Waals surface area (Å²) in [5, 5.41) is 11.9. The van der Waals surface area contributed by atoms with Crippen molar-refractivity contribution in [1.29, 1.82) is 0 Å². The average molecular weight is 326 g/mol. The number of carbonyl (C=O) groups excluding carboxylic acids is 1. The van der Waals surface area contributed by atoms with Gasteiger partial charge in [-0.3, -0.25) is 4.79 Å². The molecule has 0 spiro atoms. The van der Waals surface area contributed by atoms with E-state index < -0.39 is 0 Å². The van der Waals surface area contributed by atoms with Gasteiger partial charge in [-0.05, 0) is 60.6 Å². The van der Waals surface area contributed by atoms with Crippen molar-refractivity contribution >= 4 is 29.3 Å². The zero-order valence-corrected chi connectivity index (χ0v) is 13.7. The van der Waals surface area contributed by atoms with Gasteiger partial charge in [0.05, 0.1) is 7.11 Å². The average Bonchev–Trinajstić information content (AvgIpc) is 3.04. The molecular formula is C19H18O3S. The molecule has 1 N–H and O–H groups in total. The second-order valence-electron chi connectivity index (χ2n) is 5.47. The van der Waals surface area contributed by atoms with Crippen LogP contribution < -0.4 is 4.74 Å². The van der Waals surface area contributed by atoms with Gasteiger partial charge in [0.2, 0.25) is 0 Å². The van der Waals surface area contributed by atoms with Gasteiger partial charge >= 0.3 is 0 Å². The maximum absolute atomic E-state index is 12.6. The summed E-state index contributed by atoms with van der Waals surface area (Å²) in [6.45, 7) is 0. The fourth-order valence-electron chi connectivity index (χ4n) is 2.72. The van der Waals surface area contributed by atoms with Gasteiger partial charge in [-0.2, -0.15) is 0 Å². The number of aromatic hydroxyl groups is 1. The molecule has 118 valence electrons. The maximum atomic E-state index is 12.6. The van der Waals surface area contributed by atoms with Gasteiger partial charge in [0.15, 0.2) is 17.3 Å². The second-order valence-corrected chi connectivity index (χ2v) is 6.45. The Morgan fingerprint density at radius 2 is 1.96 bits per heavy atom. The molecule has 4 heteroatoms. The van der Waals surface area contributed by atoms with Gasteiger partial charge in [-0.15, -0.1) is 11.3 Å². The second kappa shape index (κ2) is 6.84. The summed E-state index contributed by atoms with van der Waals surface area (Å²) in [6, 6.07) is 9.18. The highest BCUT2D eigenvalue weighted by atomic mass is 32.1. The lowest BCUT2D eigenvalue weighted by Crippen LogP contribution is -2.12. The Kier molecular flexibility index (Phi) is 4.63. The lowest BCUT2D eigenvalue weighted by atomic mass is 9.87. The third-order valence-corrected chi connectivity index (χ3v) is 4.70. The largest absolute Gasteiger partial charge is 0.504 e. The highest BCUT2D eigenvalue weighted by molar-refractivity contribution is 7.10. The van der Waals surface area contributed by atoms with Crippen molar-refractivity contribution in [3.8, 4) is 11.5 Å². The highest BCUT2D eigenvalue weighted by Gasteiger charge is 2.20. The van der Waals surface area contributed by atoms with Crippen LogP contribution in [0.15, 0.2) is 46.9 Å². The van der Waals surface area contributed by atoms with Gasteiger partial charge < -0.3 is 9.84 Å². The molecular weight excluding hydrogens is 308 g/mol. The molecule has 0 atom stereocenters. The first-order valence-corrected chi connectivity index (χ1v) is 8.41. The SMILES string of the molecule is COc1ccc(/C=C2\CCC/C(=C/c3cccs3)C2=O)cc1O. The number of benzene rings is 1. The lowest BCUT2D eigenvalue weighted by Gasteiger charge is -2.16. The van der Waals surface area contributed by atoms with Crippen molar-refractivity contribution in [2.45, 2.75) is 19.3 Å². The minimum atomic E-state index is 0.0828. The molecule has 0 aliphatic heterocycles. The number of phenolic OH excluding ortho intramolecular Hbond substituents is 1. The molecule has 3 nitrogen and oxygen atoms in total. The Labute approximate surface area is 139 Å². The van der Waals surface area contributed by atoms with Crippen LogP contribution in [0.1, 0.15) is 29.7 Å². The van der Waals surface area contributed by atoms with E-state index in [0.717, 1.165) is 40.8 Å². The van der Waals surface area contributed by atoms with Crippen molar-refractivity contribution < 1.29 is 14.6 Å². The Hall–Kier alpha value is -2.33. The Morgan fingerprint density at radius 1 is 1.17 bits per heavy atom. The molecule has 0 unspecified atom stereocenters. The van der Waals surface area contributed by atoms with Gasteiger partial charge in [0.1, 0.15) is 0 Å². The normalized spacial score (nSPS) is 18.6. The quantitative estimate of drug-likeness (QED) is 0.833. The molecule has 2 aromatic rings. The van der Waals surface area contributed by atoms with Crippen LogP contribution in [-0.2, 0) is 4.79 Å². The van der Waals surface area contributed by atoms with Crippen LogP contribution in [-0.4, -0.2) is 18.0 Å². The molecule has 0 radical (unpaired) electrons. The van der Waals surface area contributed by atoms with Crippen LogP contribution in [0.3, 0.4) is 0 Å². The summed E-state index contributed by atoms with van der Waals surface area (Å²) in [5.74, 6) is 0.625. The van der Waals surface area contributed by atoms with Crippen LogP contribution in [0.5, 0.6) is 11.5 Å². The standard InChI is InChI=1S/C19H18O3S/c1-22-18-8-7-13(11-17(18)20)10-14-4-2-5-15(19(14)21)12-16-6-3-9-23-16/h3,6-12,20H,2,4-5H2,1H3/b14-10+,15-12-. The van der Waals surface area contributed by atoms with Gasteiger partial charge in [0, 0.05) is 16.0 Å². The predicted molar refractivity (Wildman–Crippen MR) is 93.8 cm³/mol. The number of ketones is 1. The number of allylic oxidation sites excluding steroid dienone is 2. The smallest absolute Gasteiger partial charge is 0.185 e. The number of thiophene rings is 1. The molecule has 1 aromatic heterocycles. The molecule has 0 amide bonds. The van der Waals surface area contributed by atoms with Crippen molar-refractivity contribution in [2.75, 3.05) is 7.11 Å². The molecule has 0 bridgehead atoms. The maximum Gasteiger partial charge on any atom is 0.185 e. The third-order valence-electron chi connectivity index (χ3n) is 3.88. The highest BCUT2D eigenvalue weighted by Crippen LogP contribution is 2.31. The van der Waals surface area contributed by atoms with Gasteiger partial charge in [-0.25, -0.2) is 0 Å². The van der Waals surface area contributed by atoms with Crippen molar-refractivity contribution in [2.24, 2.45) is 0 Å².